The minimum absolute atomic E-state index is 0.686. The van der Waals surface area contributed by atoms with Crippen molar-refractivity contribution in [1.82, 2.24) is 4.90 Å². The highest BCUT2D eigenvalue weighted by Gasteiger charge is 2.36. The van der Waals surface area contributed by atoms with Gasteiger partial charge in [-0.15, -0.1) is 0 Å². The quantitative estimate of drug-likeness (QED) is 0.613. The molecule has 3 heteroatoms. The van der Waals surface area contributed by atoms with Gasteiger partial charge in [0.2, 0.25) is 0 Å². The number of rotatable bonds is 4. The maximum atomic E-state index is 5.53. The smallest absolute Gasteiger partial charge is 0.0645 e. The summed E-state index contributed by atoms with van der Waals surface area (Å²) in [6.07, 6.45) is 2.74. The van der Waals surface area contributed by atoms with Gasteiger partial charge < -0.3 is 10.5 Å². The van der Waals surface area contributed by atoms with Crippen LogP contribution in [-0.2, 0) is 4.74 Å². The Morgan fingerprint density at radius 2 is 2.00 bits per heavy atom. The van der Waals surface area contributed by atoms with Crippen molar-refractivity contribution in [3.63, 3.8) is 0 Å². The average molecular weight is 156 g/mol. The van der Waals surface area contributed by atoms with Crippen molar-refractivity contribution < 1.29 is 4.74 Å². The summed E-state index contributed by atoms with van der Waals surface area (Å²) in [6.45, 7) is 3.69. The standard InChI is InChI=1S/C8H16N2O/c9-3-4-10(7-1-2-7)8-5-11-6-8/h7-8H,1-6,9H2. The number of hydrogen-bond acceptors (Lipinski definition) is 3. The van der Waals surface area contributed by atoms with Gasteiger partial charge in [0.25, 0.3) is 0 Å². The zero-order chi connectivity index (χ0) is 7.68. The Labute approximate surface area is 67.5 Å². The molecule has 0 bridgehead atoms. The molecule has 3 nitrogen and oxygen atoms in total. The monoisotopic (exact) mass is 156 g/mol. The van der Waals surface area contributed by atoms with E-state index >= 15 is 0 Å². The SMILES string of the molecule is NCCN(C1CC1)C1COC1. The van der Waals surface area contributed by atoms with Crippen LogP contribution in [0.3, 0.4) is 0 Å². The van der Waals surface area contributed by atoms with Crippen LogP contribution in [0.1, 0.15) is 12.8 Å². The minimum Gasteiger partial charge on any atom is -0.378 e. The van der Waals surface area contributed by atoms with E-state index in [1.165, 1.54) is 12.8 Å². The molecule has 0 atom stereocenters. The van der Waals surface area contributed by atoms with E-state index in [9.17, 15) is 0 Å². The van der Waals surface area contributed by atoms with Gasteiger partial charge in [0, 0.05) is 19.1 Å². The minimum atomic E-state index is 0.686. The predicted octanol–water partition coefficient (Wildman–Crippen LogP) is -0.192. The number of nitrogens with zero attached hydrogens (tertiary/aromatic N) is 1. The zero-order valence-electron chi connectivity index (χ0n) is 6.83. The van der Waals surface area contributed by atoms with E-state index in [2.05, 4.69) is 4.90 Å². The number of nitrogens with two attached hydrogens (primary N) is 1. The van der Waals surface area contributed by atoms with E-state index in [1.54, 1.807) is 0 Å². The third-order valence-corrected chi connectivity index (χ3v) is 2.49. The molecule has 64 valence electrons. The predicted molar refractivity (Wildman–Crippen MR) is 43.4 cm³/mol. The lowest BCUT2D eigenvalue weighted by Gasteiger charge is -2.37. The molecule has 2 aliphatic rings. The van der Waals surface area contributed by atoms with Crippen LogP contribution in [-0.4, -0.2) is 43.3 Å². The number of hydrogen-bond donors (Lipinski definition) is 1. The first-order valence-electron chi connectivity index (χ1n) is 4.45. The van der Waals surface area contributed by atoms with Crippen molar-refractivity contribution in [2.75, 3.05) is 26.3 Å². The molecule has 1 aliphatic carbocycles. The molecule has 0 spiro atoms. The molecule has 2 fully saturated rings. The molecular weight excluding hydrogens is 140 g/mol. The molecule has 1 saturated heterocycles. The lowest BCUT2D eigenvalue weighted by molar-refractivity contribution is -0.0669. The van der Waals surface area contributed by atoms with Crippen LogP contribution in [0.2, 0.25) is 0 Å². The second kappa shape index (κ2) is 3.09. The molecule has 0 aromatic heterocycles. The lowest BCUT2D eigenvalue weighted by Crippen LogP contribution is -2.51. The Balaban J connectivity index is 1.81. The highest BCUT2D eigenvalue weighted by molar-refractivity contribution is 4.91. The van der Waals surface area contributed by atoms with Gasteiger partial charge >= 0.3 is 0 Å². The Hall–Kier alpha value is -0.120. The first kappa shape index (κ1) is 7.53. The van der Waals surface area contributed by atoms with Crippen molar-refractivity contribution in [2.45, 2.75) is 24.9 Å². The summed E-state index contributed by atoms with van der Waals surface area (Å²) in [5, 5.41) is 0. The molecule has 11 heavy (non-hydrogen) atoms. The van der Waals surface area contributed by atoms with E-state index in [1.807, 2.05) is 0 Å². The number of ether oxygens (including phenoxy) is 1. The Bertz CT molecular complexity index is 132. The van der Waals surface area contributed by atoms with Gasteiger partial charge in [0.15, 0.2) is 0 Å². The van der Waals surface area contributed by atoms with E-state index < -0.39 is 0 Å². The summed E-state index contributed by atoms with van der Waals surface area (Å²) < 4.78 is 5.16. The van der Waals surface area contributed by atoms with E-state index in [-0.39, 0.29) is 0 Å². The molecule has 1 saturated carbocycles. The van der Waals surface area contributed by atoms with Crippen LogP contribution < -0.4 is 5.73 Å². The van der Waals surface area contributed by atoms with Crippen LogP contribution in [0, 0.1) is 0 Å². The van der Waals surface area contributed by atoms with Crippen LogP contribution in [0.15, 0.2) is 0 Å². The molecular formula is C8H16N2O. The van der Waals surface area contributed by atoms with Gasteiger partial charge in [-0.2, -0.15) is 0 Å². The van der Waals surface area contributed by atoms with E-state index in [0.717, 1.165) is 32.3 Å². The second-order valence-electron chi connectivity index (χ2n) is 3.45. The normalized spacial score (nSPS) is 25.6. The van der Waals surface area contributed by atoms with Gasteiger partial charge in [0.05, 0.1) is 19.3 Å². The second-order valence-corrected chi connectivity index (χ2v) is 3.45. The summed E-state index contributed by atoms with van der Waals surface area (Å²) in [5.74, 6) is 0. The van der Waals surface area contributed by atoms with E-state index in [0.29, 0.717) is 6.04 Å². The molecule has 0 aromatic rings. The summed E-state index contributed by atoms with van der Waals surface area (Å²) in [5.41, 5.74) is 5.53. The molecule has 2 rings (SSSR count). The molecule has 0 amide bonds. The zero-order valence-corrected chi connectivity index (χ0v) is 6.83. The average Bonchev–Trinajstić information content (AvgIpc) is 2.63. The summed E-state index contributed by atoms with van der Waals surface area (Å²) in [6, 6.07) is 1.53. The fourth-order valence-corrected chi connectivity index (χ4v) is 1.63. The van der Waals surface area contributed by atoms with Gasteiger partial charge in [-0.25, -0.2) is 0 Å². The Morgan fingerprint density at radius 3 is 2.36 bits per heavy atom. The summed E-state index contributed by atoms with van der Waals surface area (Å²) in [7, 11) is 0. The van der Waals surface area contributed by atoms with Crippen molar-refractivity contribution in [1.29, 1.82) is 0 Å². The van der Waals surface area contributed by atoms with Crippen LogP contribution in [0.4, 0.5) is 0 Å². The largest absolute Gasteiger partial charge is 0.378 e. The molecule has 1 aliphatic heterocycles. The topological polar surface area (TPSA) is 38.5 Å². The van der Waals surface area contributed by atoms with Crippen molar-refractivity contribution >= 4 is 0 Å². The lowest BCUT2D eigenvalue weighted by atomic mass is 10.2. The first-order valence-corrected chi connectivity index (χ1v) is 4.45. The molecule has 0 aromatic carbocycles. The Morgan fingerprint density at radius 1 is 1.27 bits per heavy atom. The third-order valence-electron chi connectivity index (χ3n) is 2.49. The van der Waals surface area contributed by atoms with Crippen LogP contribution in [0.25, 0.3) is 0 Å². The highest BCUT2D eigenvalue weighted by atomic mass is 16.5. The fraction of sp³-hybridized carbons (Fsp3) is 1.00. The van der Waals surface area contributed by atoms with Crippen molar-refractivity contribution in [3.8, 4) is 0 Å². The van der Waals surface area contributed by atoms with E-state index in [4.69, 9.17) is 10.5 Å². The molecule has 2 N–H and O–H groups in total. The van der Waals surface area contributed by atoms with Crippen molar-refractivity contribution in [3.05, 3.63) is 0 Å². The third kappa shape index (κ3) is 1.55. The van der Waals surface area contributed by atoms with Gasteiger partial charge in [-0.3, -0.25) is 4.90 Å². The van der Waals surface area contributed by atoms with Gasteiger partial charge in [-0.1, -0.05) is 0 Å². The van der Waals surface area contributed by atoms with Crippen LogP contribution >= 0.6 is 0 Å². The van der Waals surface area contributed by atoms with Gasteiger partial charge in [-0.05, 0) is 12.8 Å². The summed E-state index contributed by atoms with van der Waals surface area (Å²) in [4.78, 5) is 2.52. The summed E-state index contributed by atoms with van der Waals surface area (Å²) >= 11 is 0. The fourth-order valence-electron chi connectivity index (χ4n) is 1.63. The maximum absolute atomic E-state index is 5.53. The molecule has 0 unspecified atom stereocenters. The van der Waals surface area contributed by atoms with Crippen molar-refractivity contribution in [2.24, 2.45) is 5.73 Å². The Kier molecular flexibility index (Phi) is 2.11. The highest BCUT2D eigenvalue weighted by Crippen LogP contribution is 2.29. The molecule has 1 heterocycles. The van der Waals surface area contributed by atoms with Gasteiger partial charge in [0.1, 0.15) is 0 Å². The van der Waals surface area contributed by atoms with Crippen LogP contribution in [0.5, 0.6) is 0 Å². The maximum Gasteiger partial charge on any atom is 0.0645 e. The molecule has 0 radical (unpaired) electrons. The first-order chi connectivity index (χ1) is 5.42.